The third-order valence-corrected chi connectivity index (χ3v) is 3.33. The van der Waals surface area contributed by atoms with E-state index in [9.17, 15) is 5.11 Å². The molecule has 0 spiro atoms. The number of aromatic hydroxyl groups is 1. The fourth-order valence-corrected chi connectivity index (χ4v) is 2.65. The number of hydrogen-bond acceptors (Lipinski definition) is 6. The molecule has 1 N–H and O–H groups in total. The van der Waals surface area contributed by atoms with Crippen molar-refractivity contribution in [1.29, 1.82) is 0 Å². The molecule has 3 aromatic rings. The Labute approximate surface area is 119 Å². The highest BCUT2D eigenvalue weighted by molar-refractivity contribution is 7.18. The maximum atomic E-state index is 9.84. The normalized spacial score (nSPS) is 11.4. The SMILES string of the molecule is Cc1[o+]c2c(cc(O)c3ccccc32)s1.[O-][Cl+3]([O-])([O-])[O-]. The van der Waals surface area contributed by atoms with Gasteiger partial charge in [0.05, 0.1) is 12.3 Å². The van der Waals surface area contributed by atoms with Crippen molar-refractivity contribution in [3.8, 4) is 5.75 Å². The highest BCUT2D eigenvalue weighted by atomic mass is 35.7. The van der Waals surface area contributed by atoms with Crippen LogP contribution in [0.1, 0.15) is 5.07 Å². The third kappa shape index (κ3) is 3.54. The fraction of sp³-hybridized carbons (Fsp3) is 0.0833. The minimum absolute atomic E-state index is 0.315. The van der Waals surface area contributed by atoms with Gasteiger partial charge in [-0.15, -0.1) is 10.2 Å². The maximum Gasteiger partial charge on any atom is 0.383 e. The van der Waals surface area contributed by atoms with Crippen LogP contribution < -0.4 is 18.6 Å². The molecule has 0 radical (unpaired) electrons. The van der Waals surface area contributed by atoms with Crippen LogP contribution in [0, 0.1) is 17.2 Å². The van der Waals surface area contributed by atoms with E-state index < -0.39 is 10.2 Å². The van der Waals surface area contributed by atoms with Crippen molar-refractivity contribution in [3.63, 3.8) is 0 Å². The average Bonchev–Trinajstić information content (AvgIpc) is 2.68. The topological polar surface area (TPSA) is 124 Å². The molecule has 0 saturated carbocycles. The lowest BCUT2D eigenvalue weighted by molar-refractivity contribution is -2.00. The van der Waals surface area contributed by atoms with Crippen molar-refractivity contribution in [2.75, 3.05) is 0 Å². The molecule has 8 heteroatoms. The number of phenolic OH excluding ortho intramolecular Hbond substituents is 1. The first kappa shape index (κ1) is 14.9. The van der Waals surface area contributed by atoms with Gasteiger partial charge in [0, 0.05) is 11.5 Å². The number of hydrogen-bond donors (Lipinski definition) is 1. The van der Waals surface area contributed by atoms with E-state index in [1.165, 1.54) is 0 Å². The first-order valence-electron chi connectivity index (χ1n) is 5.31. The van der Waals surface area contributed by atoms with Gasteiger partial charge in [-0.3, -0.25) is 0 Å². The second-order valence-electron chi connectivity index (χ2n) is 3.84. The van der Waals surface area contributed by atoms with Crippen LogP contribution in [0.15, 0.2) is 34.7 Å². The van der Waals surface area contributed by atoms with Crippen LogP contribution in [0.4, 0.5) is 0 Å². The van der Waals surface area contributed by atoms with Crippen LogP contribution in [-0.2, 0) is 0 Å². The van der Waals surface area contributed by atoms with E-state index in [1.807, 2.05) is 31.2 Å². The maximum absolute atomic E-state index is 9.84. The predicted molar refractivity (Wildman–Crippen MR) is 62.4 cm³/mol. The summed E-state index contributed by atoms with van der Waals surface area (Å²) in [6, 6.07) is 9.48. The number of rotatable bonds is 0. The predicted octanol–water partition coefficient (Wildman–Crippen LogP) is -0.813. The summed E-state index contributed by atoms with van der Waals surface area (Å²) in [6.07, 6.45) is 0. The molecule has 20 heavy (non-hydrogen) atoms. The zero-order valence-electron chi connectivity index (χ0n) is 10.2. The summed E-state index contributed by atoms with van der Waals surface area (Å²) in [6.45, 7) is 1.93. The summed E-state index contributed by atoms with van der Waals surface area (Å²) in [7, 11) is -4.94. The van der Waals surface area contributed by atoms with Gasteiger partial charge in [0.2, 0.25) is 0 Å². The van der Waals surface area contributed by atoms with Gasteiger partial charge in [-0.1, -0.05) is 18.2 Å². The van der Waals surface area contributed by atoms with Crippen LogP contribution in [0.25, 0.3) is 21.1 Å². The minimum atomic E-state index is -4.94. The lowest BCUT2D eigenvalue weighted by atomic mass is 10.1. The molecule has 0 aliphatic carbocycles. The number of phenols is 1. The molecule has 0 bridgehead atoms. The first-order chi connectivity index (χ1) is 9.25. The van der Waals surface area contributed by atoms with Crippen molar-refractivity contribution < 1.29 is 38.4 Å². The van der Waals surface area contributed by atoms with Gasteiger partial charge in [0.25, 0.3) is 0 Å². The Morgan fingerprint density at radius 3 is 2.25 bits per heavy atom. The number of halogens is 1. The summed E-state index contributed by atoms with van der Waals surface area (Å²) < 4.78 is 40.6. The van der Waals surface area contributed by atoms with E-state index >= 15 is 0 Å². The van der Waals surface area contributed by atoms with Crippen molar-refractivity contribution in [1.82, 2.24) is 0 Å². The smallest absolute Gasteiger partial charge is 0.383 e. The van der Waals surface area contributed by atoms with Gasteiger partial charge in [-0.2, -0.15) is 4.42 Å². The average molecular weight is 317 g/mol. The Morgan fingerprint density at radius 1 is 1.10 bits per heavy atom. The third-order valence-electron chi connectivity index (χ3n) is 2.44. The van der Waals surface area contributed by atoms with Gasteiger partial charge < -0.3 is 5.11 Å². The van der Waals surface area contributed by atoms with Crippen LogP contribution in [0.2, 0.25) is 0 Å². The molecule has 0 aliphatic rings. The molecule has 106 valence electrons. The van der Waals surface area contributed by atoms with Crippen LogP contribution in [-0.4, -0.2) is 5.11 Å². The van der Waals surface area contributed by atoms with Gasteiger partial charge in [0.15, 0.2) is 0 Å². The molecular formula is C12H9ClO6S. The fourth-order valence-electron chi connectivity index (χ4n) is 1.81. The second-order valence-corrected chi connectivity index (χ2v) is 5.82. The number of fused-ring (bicyclic) bond motifs is 3. The Balaban J connectivity index is 0.000000257. The lowest BCUT2D eigenvalue weighted by Crippen LogP contribution is -2.68. The number of aryl methyl sites for hydroxylation is 1. The van der Waals surface area contributed by atoms with Gasteiger partial charge >= 0.3 is 10.7 Å². The molecule has 0 aliphatic heterocycles. The Hall–Kier alpha value is -1.48. The Morgan fingerprint density at radius 2 is 1.65 bits per heavy atom. The highest BCUT2D eigenvalue weighted by Gasteiger charge is 2.19. The van der Waals surface area contributed by atoms with Gasteiger partial charge in [0.1, 0.15) is 10.4 Å². The van der Waals surface area contributed by atoms with E-state index in [4.69, 9.17) is 23.1 Å². The highest BCUT2D eigenvalue weighted by Crippen LogP contribution is 2.36. The summed E-state index contributed by atoms with van der Waals surface area (Å²) in [5, 5.41) is 12.6. The summed E-state index contributed by atoms with van der Waals surface area (Å²) in [4.78, 5) is 0. The molecule has 2 aromatic carbocycles. The summed E-state index contributed by atoms with van der Waals surface area (Å²) in [5.74, 6) is 0.315. The van der Waals surface area contributed by atoms with E-state index in [2.05, 4.69) is 0 Å². The standard InChI is InChI=1S/C12H8O2S.ClHO4/c1-7-14-12-9-5-3-2-4-8(9)10(13)6-11(12)15-7;2-1(3,4)5/h2-6H,1H3;(H,2,3,4,5). The molecule has 0 atom stereocenters. The van der Waals surface area contributed by atoms with Crippen molar-refractivity contribution in [2.24, 2.45) is 0 Å². The zero-order valence-corrected chi connectivity index (χ0v) is 11.7. The number of benzene rings is 2. The molecule has 0 unspecified atom stereocenters. The molecule has 1 heterocycles. The Kier molecular flexibility index (Phi) is 4.09. The lowest BCUT2D eigenvalue weighted by Gasteiger charge is -2.17. The molecular weight excluding hydrogens is 308 g/mol. The van der Waals surface area contributed by atoms with Crippen molar-refractivity contribution in [2.45, 2.75) is 6.92 Å². The van der Waals surface area contributed by atoms with Crippen LogP contribution >= 0.6 is 11.3 Å². The monoisotopic (exact) mass is 316 g/mol. The Bertz CT molecular complexity index is 743. The molecule has 0 amide bonds. The van der Waals surface area contributed by atoms with E-state index in [0.29, 0.717) is 5.75 Å². The summed E-state index contributed by atoms with van der Waals surface area (Å²) >= 11 is 1.55. The van der Waals surface area contributed by atoms with E-state index in [-0.39, 0.29) is 0 Å². The first-order valence-corrected chi connectivity index (χ1v) is 7.36. The van der Waals surface area contributed by atoms with Gasteiger partial charge in [-0.25, -0.2) is 18.6 Å². The zero-order chi connectivity index (χ0) is 14.9. The van der Waals surface area contributed by atoms with Gasteiger partial charge in [-0.05, 0) is 17.4 Å². The van der Waals surface area contributed by atoms with Crippen molar-refractivity contribution in [3.05, 3.63) is 35.4 Å². The van der Waals surface area contributed by atoms with E-state index in [0.717, 1.165) is 26.1 Å². The van der Waals surface area contributed by atoms with Crippen LogP contribution in [0.3, 0.4) is 0 Å². The quantitative estimate of drug-likeness (QED) is 0.541. The molecule has 3 rings (SSSR count). The largest absolute Gasteiger partial charge is 0.507 e. The second kappa shape index (κ2) is 5.49. The van der Waals surface area contributed by atoms with Crippen LogP contribution in [0.5, 0.6) is 5.75 Å². The summed E-state index contributed by atoms with van der Waals surface area (Å²) in [5.41, 5.74) is 0.867. The van der Waals surface area contributed by atoms with Crippen molar-refractivity contribution >= 4 is 32.4 Å². The molecule has 0 fully saturated rings. The molecule has 6 nitrogen and oxygen atoms in total. The molecule has 1 aromatic heterocycles. The van der Waals surface area contributed by atoms with E-state index in [1.54, 1.807) is 17.4 Å². The molecule has 0 saturated heterocycles. The minimum Gasteiger partial charge on any atom is -0.507 e.